The molecule has 2 N–H and O–H groups in total. The van der Waals surface area contributed by atoms with E-state index >= 15 is 0 Å². The molecule has 0 saturated carbocycles. The van der Waals surface area contributed by atoms with Crippen molar-refractivity contribution in [2.75, 3.05) is 19.5 Å². The van der Waals surface area contributed by atoms with Crippen LogP contribution in [-0.2, 0) is 6.54 Å². The Morgan fingerprint density at radius 3 is 2.29 bits per heavy atom. The third-order valence-electron chi connectivity index (χ3n) is 3.07. The fourth-order valence-electron chi connectivity index (χ4n) is 1.91. The smallest absolute Gasteiger partial charge is 0.345 e. The van der Waals surface area contributed by atoms with E-state index in [0.29, 0.717) is 22.9 Å². The van der Waals surface area contributed by atoms with Crippen molar-refractivity contribution in [2.45, 2.75) is 13.5 Å². The first-order valence-corrected chi connectivity index (χ1v) is 7.14. The van der Waals surface area contributed by atoms with E-state index < -0.39 is 5.97 Å². The van der Waals surface area contributed by atoms with Gasteiger partial charge in [-0.1, -0.05) is 0 Å². The van der Waals surface area contributed by atoms with Gasteiger partial charge in [-0.2, -0.15) is 0 Å². The number of aryl methyl sites for hydroxylation is 1. The lowest BCUT2D eigenvalue weighted by molar-refractivity contribution is 0.0702. The zero-order valence-corrected chi connectivity index (χ0v) is 12.9. The van der Waals surface area contributed by atoms with Crippen LogP contribution in [0.5, 0.6) is 11.5 Å². The van der Waals surface area contributed by atoms with Crippen LogP contribution in [0.15, 0.2) is 24.3 Å². The average molecular weight is 307 g/mol. The minimum atomic E-state index is -0.891. The zero-order chi connectivity index (χ0) is 15.4. The van der Waals surface area contributed by atoms with Crippen molar-refractivity contribution in [1.29, 1.82) is 0 Å². The molecule has 0 spiro atoms. The summed E-state index contributed by atoms with van der Waals surface area (Å²) in [5, 5.41) is 12.3. The number of aromatic carboxylic acids is 1. The van der Waals surface area contributed by atoms with Crippen LogP contribution in [0.25, 0.3) is 0 Å². The third-order valence-corrected chi connectivity index (χ3v) is 4.15. The maximum atomic E-state index is 11.0. The Kier molecular flexibility index (Phi) is 4.70. The Hall–Kier alpha value is -2.21. The van der Waals surface area contributed by atoms with Gasteiger partial charge in [0.1, 0.15) is 16.4 Å². The number of ether oxygens (including phenoxy) is 2. The number of hydrogen-bond donors (Lipinski definition) is 2. The fraction of sp³-hybridized carbons (Fsp3) is 0.267. The zero-order valence-electron chi connectivity index (χ0n) is 12.1. The molecule has 5 nitrogen and oxygen atoms in total. The molecule has 0 radical (unpaired) electrons. The highest BCUT2D eigenvalue weighted by Crippen LogP contribution is 2.27. The predicted molar refractivity (Wildman–Crippen MR) is 82.9 cm³/mol. The molecule has 0 aliphatic carbocycles. The SMILES string of the molecule is COc1cc(NCc2cc(C(=O)O)sc2C)cc(OC)c1. The average Bonchev–Trinajstić information content (AvgIpc) is 2.86. The molecule has 0 saturated heterocycles. The molecule has 0 unspecified atom stereocenters. The van der Waals surface area contributed by atoms with Crippen molar-refractivity contribution < 1.29 is 19.4 Å². The van der Waals surface area contributed by atoms with Crippen molar-refractivity contribution in [3.05, 3.63) is 39.6 Å². The molecule has 2 rings (SSSR count). The minimum absolute atomic E-state index is 0.354. The van der Waals surface area contributed by atoms with Crippen LogP contribution in [0.4, 0.5) is 5.69 Å². The summed E-state index contributed by atoms with van der Waals surface area (Å²) in [6.45, 7) is 2.46. The first-order chi connectivity index (χ1) is 10.0. The maximum Gasteiger partial charge on any atom is 0.345 e. The predicted octanol–water partition coefficient (Wildman–Crippen LogP) is 3.38. The van der Waals surface area contributed by atoms with Gasteiger partial charge in [-0.25, -0.2) is 4.79 Å². The topological polar surface area (TPSA) is 67.8 Å². The van der Waals surface area contributed by atoms with E-state index in [1.807, 2.05) is 19.1 Å². The van der Waals surface area contributed by atoms with E-state index in [2.05, 4.69) is 5.32 Å². The molecule has 0 aliphatic heterocycles. The van der Waals surface area contributed by atoms with Gasteiger partial charge in [0.15, 0.2) is 0 Å². The largest absolute Gasteiger partial charge is 0.497 e. The van der Waals surface area contributed by atoms with Crippen LogP contribution in [0.1, 0.15) is 20.1 Å². The number of carboxylic acid groups (broad SMARTS) is 1. The number of anilines is 1. The Labute approximate surface area is 127 Å². The van der Waals surface area contributed by atoms with Crippen LogP contribution < -0.4 is 14.8 Å². The second-order valence-electron chi connectivity index (χ2n) is 4.45. The molecule has 1 aromatic heterocycles. The second kappa shape index (κ2) is 6.49. The molecule has 1 aromatic carbocycles. The van der Waals surface area contributed by atoms with E-state index in [1.165, 1.54) is 11.3 Å². The van der Waals surface area contributed by atoms with E-state index in [-0.39, 0.29) is 0 Å². The van der Waals surface area contributed by atoms with Crippen molar-refractivity contribution in [1.82, 2.24) is 0 Å². The van der Waals surface area contributed by atoms with Gasteiger partial charge < -0.3 is 19.9 Å². The molecular formula is C15H17NO4S. The van der Waals surface area contributed by atoms with Crippen LogP contribution in [0, 0.1) is 6.92 Å². The van der Waals surface area contributed by atoms with Crippen molar-refractivity contribution in [2.24, 2.45) is 0 Å². The van der Waals surface area contributed by atoms with Crippen LogP contribution in [0.3, 0.4) is 0 Å². The van der Waals surface area contributed by atoms with Crippen molar-refractivity contribution >= 4 is 23.0 Å². The van der Waals surface area contributed by atoms with E-state index in [1.54, 1.807) is 26.4 Å². The minimum Gasteiger partial charge on any atom is -0.497 e. The third kappa shape index (κ3) is 3.66. The van der Waals surface area contributed by atoms with Gasteiger partial charge in [-0.15, -0.1) is 11.3 Å². The number of rotatable bonds is 6. The monoisotopic (exact) mass is 307 g/mol. The molecule has 6 heteroatoms. The van der Waals surface area contributed by atoms with Crippen LogP contribution in [0.2, 0.25) is 0 Å². The Balaban J connectivity index is 2.14. The highest BCUT2D eigenvalue weighted by atomic mass is 32.1. The summed E-state index contributed by atoms with van der Waals surface area (Å²) in [5.74, 6) is 0.507. The summed E-state index contributed by atoms with van der Waals surface area (Å²) in [7, 11) is 3.20. The second-order valence-corrected chi connectivity index (χ2v) is 5.71. The van der Waals surface area contributed by atoms with Gasteiger partial charge in [0.2, 0.25) is 0 Å². The molecule has 0 amide bonds. The van der Waals surface area contributed by atoms with E-state index in [9.17, 15) is 4.79 Å². The highest BCUT2D eigenvalue weighted by Gasteiger charge is 2.11. The Morgan fingerprint density at radius 1 is 1.19 bits per heavy atom. The normalized spacial score (nSPS) is 10.2. The first-order valence-electron chi connectivity index (χ1n) is 6.33. The number of carboxylic acids is 1. The molecule has 112 valence electrons. The molecular weight excluding hydrogens is 290 g/mol. The standard InChI is InChI=1S/C15H17NO4S/c1-9-10(4-14(21-9)15(17)18)8-16-11-5-12(19-2)7-13(6-11)20-3/h4-7,16H,8H2,1-3H3,(H,17,18). The molecule has 0 atom stereocenters. The van der Waals surface area contributed by atoms with Gasteiger partial charge in [0, 0.05) is 35.3 Å². The number of thiophene rings is 1. The number of benzene rings is 1. The van der Waals surface area contributed by atoms with E-state index in [0.717, 1.165) is 16.1 Å². The molecule has 2 aromatic rings. The van der Waals surface area contributed by atoms with Gasteiger partial charge in [-0.3, -0.25) is 0 Å². The van der Waals surface area contributed by atoms with Gasteiger partial charge in [-0.05, 0) is 18.6 Å². The summed E-state index contributed by atoms with van der Waals surface area (Å²) in [5.41, 5.74) is 1.83. The number of nitrogens with one attached hydrogen (secondary N) is 1. The Bertz CT molecular complexity index is 629. The lowest BCUT2D eigenvalue weighted by Crippen LogP contribution is -2.00. The molecule has 21 heavy (non-hydrogen) atoms. The number of hydrogen-bond acceptors (Lipinski definition) is 5. The van der Waals surface area contributed by atoms with Gasteiger partial charge >= 0.3 is 5.97 Å². The summed E-state index contributed by atoms with van der Waals surface area (Å²) in [6, 6.07) is 7.22. The lowest BCUT2D eigenvalue weighted by atomic mass is 10.2. The maximum absolute atomic E-state index is 11.0. The molecule has 0 bridgehead atoms. The fourth-order valence-corrected chi connectivity index (χ4v) is 2.79. The molecule has 1 heterocycles. The van der Waals surface area contributed by atoms with Gasteiger partial charge in [0.25, 0.3) is 0 Å². The van der Waals surface area contributed by atoms with Crippen LogP contribution >= 0.6 is 11.3 Å². The van der Waals surface area contributed by atoms with E-state index in [4.69, 9.17) is 14.6 Å². The highest BCUT2D eigenvalue weighted by molar-refractivity contribution is 7.14. The molecule has 0 fully saturated rings. The van der Waals surface area contributed by atoms with Crippen molar-refractivity contribution in [3.63, 3.8) is 0 Å². The summed E-state index contributed by atoms with van der Waals surface area (Å²) in [4.78, 5) is 12.3. The first kappa shape index (κ1) is 15.2. The number of carbonyl (C=O) groups is 1. The summed E-state index contributed by atoms with van der Waals surface area (Å²) < 4.78 is 10.4. The number of methoxy groups -OCH3 is 2. The summed E-state index contributed by atoms with van der Waals surface area (Å²) >= 11 is 1.28. The van der Waals surface area contributed by atoms with Gasteiger partial charge in [0.05, 0.1) is 14.2 Å². The van der Waals surface area contributed by atoms with Crippen molar-refractivity contribution in [3.8, 4) is 11.5 Å². The lowest BCUT2D eigenvalue weighted by Gasteiger charge is -2.10. The summed E-state index contributed by atoms with van der Waals surface area (Å²) in [6.07, 6.45) is 0. The quantitative estimate of drug-likeness (QED) is 0.856. The Morgan fingerprint density at radius 2 is 1.81 bits per heavy atom. The van der Waals surface area contributed by atoms with Crippen LogP contribution in [-0.4, -0.2) is 25.3 Å². The molecule has 0 aliphatic rings.